The van der Waals surface area contributed by atoms with Gasteiger partial charge in [0.15, 0.2) is 9.84 Å². The first-order chi connectivity index (χ1) is 15.8. The Balaban J connectivity index is 1.60. The number of ether oxygens (including phenoxy) is 1. The zero-order valence-electron chi connectivity index (χ0n) is 17.5. The highest BCUT2D eigenvalue weighted by Crippen LogP contribution is 2.51. The molecule has 1 aliphatic carbocycles. The Bertz CT molecular complexity index is 1230. The summed E-state index contributed by atoms with van der Waals surface area (Å²) < 4.78 is 67.4. The van der Waals surface area contributed by atoms with Gasteiger partial charge in [-0.1, -0.05) is 35.9 Å². The van der Waals surface area contributed by atoms with Gasteiger partial charge in [-0.2, -0.15) is 0 Å². The maximum absolute atomic E-state index is 13.5. The highest BCUT2D eigenvalue weighted by molar-refractivity contribution is 7.92. The lowest BCUT2D eigenvalue weighted by molar-refractivity contribution is -0.274. The van der Waals surface area contributed by atoms with Crippen LogP contribution >= 0.6 is 11.6 Å². The minimum Gasteiger partial charge on any atom is -0.480 e. The Morgan fingerprint density at radius 3 is 2.24 bits per heavy atom. The fourth-order valence-corrected chi connectivity index (χ4v) is 6.56. The summed E-state index contributed by atoms with van der Waals surface area (Å²) in [5, 5.41) is 8.53. The van der Waals surface area contributed by atoms with Gasteiger partial charge in [-0.25, -0.2) is 13.2 Å². The first-order valence-corrected chi connectivity index (χ1v) is 12.2. The number of halogens is 4. The third-order valence-electron chi connectivity index (χ3n) is 6.19. The average Bonchev–Trinajstić information content (AvgIpc) is 3.43. The first kappa shape index (κ1) is 24.3. The number of carboxylic acids is 1. The van der Waals surface area contributed by atoms with E-state index in [1.807, 2.05) is 0 Å². The molecule has 0 spiro atoms. The predicted molar refractivity (Wildman–Crippen MR) is 114 cm³/mol. The van der Waals surface area contributed by atoms with E-state index in [2.05, 4.69) is 4.74 Å². The molecule has 7 nitrogen and oxygen atoms in total. The first-order valence-electron chi connectivity index (χ1n) is 10.2. The molecule has 2 aromatic rings. The summed E-state index contributed by atoms with van der Waals surface area (Å²) in [6, 6.07) is 9.26. The van der Waals surface area contributed by atoms with E-state index in [-0.39, 0.29) is 22.9 Å². The van der Waals surface area contributed by atoms with E-state index in [1.165, 1.54) is 30.3 Å². The van der Waals surface area contributed by atoms with Gasteiger partial charge in [0.2, 0.25) is 5.91 Å². The SMILES string of the molecule is O=C(O)[C@@H]1C[C@@H](S(=O)(=O)c2ccccc2Cl)CN1C(=O)C1(c2ccc(OC(F)(F)F)cc2)CC1. The number of sulfone groups is 1. The lowest BCUT2D eigenvalue weighted by Gasteiger charge is -2.27. The molecular weight excluding hydrogens is 499 g/mol. The maximum Gasteiger partial charge on any atom is 0.573 e. The Labute approximate surface area is 198 Å². The molecule has 0 unspecified atom stereocenters. The van der Waals surface area contributed by atoms with Crippen LogP contribution in [0.5, 0.6) is 5.75 Å². The number of aliphatic carboxylic acids is 1. The highest BCUT2D eigenvalue weighted by Gasteiger charge is 2.57. The summed E-state index contributed by atoms with van der Waals surface area (Å²) in [5.41, 5.74) is -0.707. The molecule has 0 aromatic heterocycles. The van der Waals surface area contributed by atoms with Crippen LogP contribution in [0, 0.1) is 0 Å². The van der Waals surface area contributed by atoms with Crippen LogP contribution in [0.4, 0.5) is 13.2 Å². The van der Waals surface area contributed by atoms with E-state index >= 15 is 0 Å². The van der Waals surface area contributed by atoms with Gasteiger partial charge in [0, 0.05) is 6.54 Å². The quantitative estimate of drug-likeness (QED) is 0.625. The monoisotopic (exact) mass is 517 g/mol. The van der Waals surface area contributed by atoms with Crippen molar-refractivity contribution in [3.8, 4) is 5.75 Å². The molecular formula is C22H19ClF3NO6S. The number of carbonyl (C=O) groups excluding carboxylic acids is 1. The lowest BCUT2D eigenvalue weighted by Crippen LogP contribution is -2.46. The van der Waals surface area contributed by atoms with E-state index < -0.39 is 50.5 Å². The Kier molecular flexibility index (Phi) is 6.05. The normalized spacial score (nSPS) is 21.8. The third-order valence-corrected chi connectivity index (χ3v) is 8.82. The predicted octanol–water partition coefficient (Wildman–Crippen LogP) is 3.80. The maximum atomic E-state index is 13.5. The molecule has 12 heteroatoms. The summed E-state index contributed by atoms with van der Waals surface area (Å²) in [5.74, 6) is -2.36. The second-order valence-electron chi connectivity index (χ2n) is 8.30. The van der Waals surface area contributed by atoms with Gasteiger partial charge in [0.05, 0.1) is 20.6 Å². The van der Waals surface area contributed by atoms with Crippen molar-refractivity contribution in [2.24, 2.45) is 0 Å². The van der Waals surface area contributed by atoms with Gasteiger partial charge in [-0.15, -0.1) is 13.2 Å². The molecule has 1 saturated carbocycles. The van der Waals surface area contributed by atoms with Crippen molar-refractivity contribution in [3.63, 3.8) is 0 Å². The largest absolute Gasteiger partial charge is 0.573 e. The van der Waals surface area contributed by atoms with Crippen molar-refractivity contribution in [3.05, 3.63) is 59.1 Å². The van der Waals surface area contributed by atoms with Gasteiger partial charge in [-0.3, -0.25) is 4.79 Å². The number of carboxylic acid groups (broad SMARTS) is 1. The molecule has 2 aromatic carbocycles. The molecule has 1 N–H and O–H groups in total. The minimum atomic E-state index is -4.86. The summed E-state index contributed by atoms with van der Waals surface area (Å²) in [7, 11) is -4.03. The molecule has 182 valence electrons. The van der Waals surface area contributed by atoms with Crippen LogP contribution in [0.2, 0.25) is 5.02 Å². The molecule has 2 atom stereocenters. The van der Waals surface area contributed by atoms with E-state index in [0.717, 1.165) is 17.0 Å². The highest BCUT2D eigenvalue weighted by atomic mass is 35.5. The van der Waals surface area contributed by atoms with Crippen LogP contribution in [0.3, 0.4) is 0 Å². The van der Waals surface area contributed by atoms with Gasteiger partial charge in [-0.05, 0) is 49.1 Å². The topological polar surface area (TPSA) is 101 Å². The number of amides is 1. The van der Waals surface area contributed by atoms with E-state index in [9.17, 15) is 36.3 Å². The van der Waals surface area contributed by atoms with Crippen molar-refractivity contribution in [2.45, 2.75) is 47.2 Å². The molecule has 1 aliphatic heterocycles. The zero-order chi connectivity index (χ0) is 24.9. The Morgan fingerprint density at radius 2 is 1.71 bits per heavy atom. The van der Waals surface area contributed by atoms with Gasteiger partial charge >= 0.3 is 12.3 Å². The Hall–Kier alpha value is -2.79. The fourth-order valence-electron chi connectivity index (χ4n) is 4.34. The van der Waals surface area contributed by atoms with Crippen molar-refractivity contribution in [2.75, 3.05) is 6.54 Å². The van der Waals surface area contributed by atoms with Crippen LogP contribution in [0.1, 0.15) is 24.8 Å². The molecule has 2 aliphatic rings. The molecule has 1 saturated heterocycles. The smallest absolute Gasteiger partial charge is 0.480 e. The van der Waals surface area contributed by atoms with E-state index in [1.54, 1.807) is 6.07 Å². The van der Waals surface area contributed by atoms with Crippen LogP contribution in [-0.4, -0.2) is 54.5 Å². The standard InChI is InChI=1S/C22H19ClF3NO6S/c23-16-3-1-2-4-18(16)34(31,32)15-11-17(19(28)29)27(12-15)20(30)21(9-10-21)13-5-7-14(8-6-13)33-22(24,25)26/h1-8,15,17H,9-12H2,(H,28,29)/t15-,17+/m1/s1. The van der Waals surface area contributed by atoms with Crippen molar-refractivity contribution in [1.82, 2.24) is 4.90 Å². The third kappa shape index (κ3) is 4.46. The molecule has 1 amide bonds. The van der Waals surface area contributed by atoms with Gasteiger partial charge in [0.25, 0.3) is 0 Å². The number of hydrogen-bond acceptors (Lipinski definition) is 5. The molecule has 1 heterocycles. The fraction of sp³-hybridized carbons (Fsp3) is 0.364. The number of alkyl halides is 3. The van der Waals surface area contributed by atoms with Crippen molar-refractivity contribution < 1.29 is 41.0 Å². The van der Waals surface area contributed by atoms with Gasteiger partial charge in [0.1, 0.15) is 11.8 Å². The average molecular weight is 518 g/mol. The number of carbonyl (C=O) groups is 2. The molecule has 4 rings (SSSR count). The second kappa shape index (κ2) is 8.46. The van der Waals surface area contributed by atoms with Crippen LogP contribution in [0.25, 0.3) is 0 Å². The zero-order valence-corrected chi connectivity index (χ0v) is 19.0. The summed E-state index contributed by atoms with van der Waals surface area (Å²) >= 11 is 6.04. The summed E-state index contributed by atoms with van der Waals surface area (Å²) in [6.07, 6.45) is -4.45. The van der Waals surface area contributed by atoms with Gasteiger partial charge < -0.3 is 14.7 Å². The Morgan fingerprint density at radius 1 is 1.09 bits per heavy atom. The number of benzene rings is 2. The lowest BCUT2D eigenvalue weighted by atomic mass is 9.94. The summed E-state index contributed by atoms with van der Waals surface area (Å²) in [6.45, 7) is -0.333. The number of rotatable bonds is 6. The molecule has 0 bridgehead atoms. The van der Waals surface area contributed by atoms with Crippen molar-refractivity contribution in [1.29, 1.82) is 0 Å². The van der Waals surface area contributed by atoms with Crippen LogP contribution in [-0.2, 0) is 24.8 Å². The number of hydrogen-bond donors (Lipinski definition) is 1. The second-order valence-corrected chi connectivity index (χ2v) is 10.9. The molecule has 0 radical (unpaired) electrons. The van der Waals surface area contributed by atoms with E-state index in [0.29, 0.717) is 18.4 Å². The number of likely N-dealkylation sites (tertiary alicyclic amines) is 1. The van der Waals surface area contributed by atoms with Crippen LogP contribution < -0.4 is 4.74 Å². The minimum absolute atomic E-state index is 0.000944. The molecule has 34 heavy (non-hydrogen) atoms. The number of nitrogens with zero attached hydrogens (tertiary/aromatic N) is 1. The van der Waals surface area contributed by atoms with E-state index in [4.69, 9.17) is 11.6 Å². The summed E-state index contributed by atoms with van der Waals surface area (Å²) in [4.78, 5) is 26.3. The van der Waals surface area contributed by atoms with Crippen molar-refractivity contribution >= 4 is 33.3 Å². The van der Waals surface area contributed by atoms with Crippen LogP contribution in [0.15, 0.2) is 53.4 Å². The molecule has 2 fully saturated rings.